The van der Waals surface area contributed by atoms with E-state index >= 15 is 0 Å². The Morgan fingerprint density at radius 3 is 2.62 bits per heavy atom. The standard InChI is InChI=1S/C11H15N3OS/c15-9(7-3-1-2-4-7)12-11-14-13-10(16-11)8-5-6-8/h7-8H,1-6H2,(H,12,14,15). The van der Waals surface area contributed by atoms with E-state index in [9.17, 15) is 4.79 Å². The summed E-state index contributed by atoms with van der Waals surface area (Å²) in [6.45, 7) is 0. The van der Waals surface area contributed by atoms with E-state index in [1.165, 1.54) is 37.0 Å². The molecule has 1 aromatic heterocycles. The monoisotopic (exact) mass is 237 g/mol. The van der Waals surface area contributed by atoms with E-state index in [-0.39, 0.29) is 11.8 Å². The van der Waals surface area contributed by atoms with Crippen molar-refractivity contribution >= 4 is 22.4 Å². The normalized spacial score (nSPS) is 21.2. The largest absolute Gasteiger partial charge is 0.300 e. The quantitative estimate of drug-likeness (QED) is 0.879. The van der Waals surface area contributed by atoms with E-state index in [4.69, 9.17) is 0 Å². The zero-order valence-corrected chi connectivity index (χ0v) is 9.92. The summed E-state index contributed by atoms with van der Waals surface area (Å²) in [7, 11) is 0. The number of aromatic nitrogens is 2. The van der Waals surface area contributed by atoms with Crippen molar-refractivity contribution in [1.82, 2.24) is 10.2 Å². The van der Waals surface area contributed by atoms with E-state index < -0.39 is 0 Å². The van der Waals surface area contributed by atoms with Gasteiger partial charge in [-0.25, -0.2) is 0 Å². The first-order valence-electron chi connectivity index (χ1n) is 5.97. The number of carbonyl (C=O) groups excluding carboxylic acids is 1. The first-order valence-corrected chi connectivity index (χ1v) is 6.79. The lowest BCUT2D eigenvalue weighted by Crippen LogP contribution is -2.20. The van der Waals surface area contributed by atoms with Crippen molar-refractivity contribution in [2.24, 2.45) is 5.92 Å². The highest BCUT2D eigenvalue weighted by atomic mass is 32.1. The van der Waals surface area contributed by atoms with Crippen molar-refractivity contribution in [3.8, 4) is 0 Å². The molecule has 1 aromatic rings. The summed E-state index contributed by atoms with van der Waals surface area (Å²) in [6, 6.07) is 0. The zero-order valence-electron chi connectivity index (χ0n) is 9.11. The van der Waals surface area contributed by atoms with Gasteiger partial charge in [0.2, 0.25) is 11.0 Å². The Kier molecular flexibility index (Phi) is 2.63. The first kappa shape index (κ1) is 10.2. The molecule has 0 aliphatic heterocycles. The summed E-state index contributed by atoms with van der Waals surface area (Å²) in [5.41, 5.74) is 0. The molecule has 2 saturated carbocycles. The molecule has 0 radical (unpaired) electrons. The smallest absolute Gasteiger partial charge is 0.229 e. The van der Waals surface area contributed by atoms with Crippen molar-refractivity contribution in [3.63, 3.8) is 0 Å². The van der Waals surface area contributed by atoms with Crippen LogP contribution in [0.1, 0.15) is 49.5 Å². The summed E-state index contributed by atoms with van der Waals surface area (Å²) < 4.78 is 0. The molecule has 0 atom stereocenters. The van der Waals surface area contributed by atoms with E-state index in [1.54, 1.807) is 0 Å². The van der Waals surface area contributed by atoms with Crippen LogP contribution in [0.15, 0.2) is 0 Å². The van der Waals surface area contributed by atoms with Gasteiger partial charge in [0.25, 0.3) is 0 Å². The third-order valence-electron chi connectivity index (χ3n) is 3.32. The zero-order chi connectivity index (χ0) is 11.0. The van der Waals surface area contributed by atoms with Crippen molar-refractivity contribution in [2.45, 2.75) is 44.4 Å². The summed E-state index contributed by atoms with van der Waals surface area (Å²) in [5, 5.41) is 12.8. The fourth-order valence-electron chi connectivity index (χ4n) is 2.18. The molecular formula is C11H15N3OS. The maximum absolute atomic E-state index is 11.8. The molecule has 1 heterocycles. The molecule has 4 nitrogen and oxygen atoms in total. The predicted octanol–water partition coefficient (Wildman–Crippen LogP) is 2.54. The van der Waals surface area contributed by atoms with Crippen LogP contribution in [0.2, 0.25) is 0 Å². The molecular weight excluding hydrogens is 222 g/mol. The molecule has 16 heavy (non-hydrogen) atoms. The van der Waals surface area contributed by atoms with Crippen molar-refractivity contribution in [1.29, 1.82) is 0 Å². The average Bonchev–Trinajstić information content (AvgIpc) is 2.82. The Balaban J connectivity index is 1.61. The van der Waals surface area contributed by atoms with Gasteiger partial charge in [0, 0.05) is 11.8 Å². The molecule has 86 valence electrons. The molecule has 0 unspecified atom stereocenters. The fraction of sp³-hybridized carbons (Fsp3) is 0.727. The number of hydrogen-bond acceptors (Lipinski definition) is 4. The van der Waals surface area contributed by atoms with Gasteiger partial charge in [0.15, 0.2) is 0 Å². The molecule has 0 bridgehead atoms. The Morgan fingerprint density at radius 2 is 1.94 bits per heavy atom. The van der Waals surface area contributed by atoms with E-state index in [0.29, 0.717) is 11.0 Å². The minimum absolute atomic E-state index is 0.135. The van der Waals surface area contributed by atoms with Gasteiger partial charge < -0.3 is 5.32 Å². The van der Waals surface area contributed by atoms with Crippen LogP contribution in [0.3, 0.4) is 0 Å². The van der Waals surface area contributed by atoms with Gasteiger partial charge in [0.05, 0.1) is 0 Å². The van der Waals surface area contributed by atoms with Gasteiger partial charge in [-0.2, -0.15) is 0 Å². The number of carbonyl (C=O) groups is 1. The van der Waals surface area contributed by atoms with Crippen LogP contribution in [-0.4, -0.2) is 16.1 Å². The third-order valence-corrected chi connectivity index (χ3v) is 4.32. The van der Waals surface area contributed by atoms with Crippen molar-refractivity contribution in [2.75, 3.05) is 5.32 Å². The first-order chi connectivity index (χ1) is 7.83. The molecule has 0 spiro atoms. The topological polar surface area (TPSA) is 54.9 Å². The van der Waals surface area contributed by atoms with Gasteiger partial charge in [-0.15, -0.1) is 10.2 Å². The second-order valence-electron chi connectivity index (χ2n) is 4.69. The van der Waals surface area contributed by atoms with E-state index in [0.717, 1.165) is 17.8 Å². The predicted molar refractivity (Wildman–Crippen MR) is 62.5 cm³/mol. The maximum atomic E-state index is 11.8. The van der Waals surface area contributed by atoms with Crippen molar-refractivity contribution < 1.29 is 4.79 Å². The SMILES string of the molecule is O=C(Nc1nnc(C2CC2)s1)C1CCCC1. The molecule has 1 amide bonds. The highest BCUT2D eigenvalue weighted by Gasteiger charge is 2.28. The van der Waals surface area contributed by atoms with Gasteiger partial charge in [-0.3, -0.25) is 4.79 Å². The maximum Gasteiger partial charge on any atom is 0.229 e. The molecule has 3 rings (SSSR count). The molecule has 1 N–H and O–H groups in total. The Hall–Kier alpha value is -0.970. The molecule has 0 aromatic carbocycles. The van der Waals surface area contributed by atoms with E-state index in [1.807, 2.05) is 0 Å². The second kappa shape index (κ2) is 4.13. The molecule has 5 heteroatoms. The van der Waals surface area contributed by atoms with Crippen LogP contribution in [0.4, 0.5) is 5.13 Å². The number of rotatable bonds is 3. The summed E-state index contributed by atoms with van der Waals surface area (Å²) in [4.78, 5) is 11.8. The number of nitrogens with one attached hydrogen (secondary N) is 1. The molecule has 0 saturated heterocycles. The van der Waals surface area contributed by atoms with Crippen LogP contribution in [0.5, 0.6) is 0 Å². The molecule has 2 aliphatic rings. The number of anilines is 1. The Bertz CT molecular complexity index is 394. The van der Waals surface area contributed by atoms with Gasteiger partial charge >= 0.3 is 0 Å². The lowest BCUT2D eigenvalue weighted by atomic mass is 10.1. The Morgan fingerprint density at radius 1 is 1.19 bits per heavy atom. The summed E-state index contributed by atoms with van der Waals surface area (Å²) in [6.07, 6.45) is 6.87. The average molecular weight is 237 g/mol. The third kappa shape index (κ3) is 2.09. The van der Waals surface area contributed by atoms with Crippen LogP contribution in [0, 0.1) is 5.92 Å². The lowest BCUT2D eigenvalue weighted by molar-refractivity contribution is -0.119. The number of nitrogens with zero attached hydrogens (tertiary/aromatic N) is 2. The second-order valence-corrected chi connectivity index (χ2v) is 5.70. The van der Waals surface area contributed by atoms with Gasteiger partial charge in [-0.1, -0.05) is 24.2 Å². The van der Waals surface area contributed by atoms with Crippen LogP contribution >= 0.6 is 11.3 Å². The van der Waals surface area contributed by atoms with Crippen LogP contribution in [0.25, 0.3) is 0 Å². The number of amides is 1. The number of hydrogen-bond donors (Lipinski definition) is 1. The fourth-order valence-corrected chi connectivity index (χ4v) is 3.09. The summed E-state index contributed by atoms with van der Waals surface area (Å²) >= 11 is 1.54. The lowest BCUT2D eigenvalue weighted by Gasteiger charge is -2.06. The highest BCUT2D eigenvalue weighted by Crippen LogP contribution is 2.42. The van der Waals surface area contributed by atoms with Crippen LogP contribution in [-0.2, 0) is 4.79 Å². The van der Waals surface area contributed by atoms with Crippen LogP contribution < -0.4 is 5.32 Å². The molecule has 2 fully saturated rings. The van der Waals surface area contributed by atoms with Gasteiger partial charge in [-0.05, 0) is 25.7 Å². The van der Waals surface area contributed by atoms with E-state index in [2.05, 4.69) is 15.5 Å². The molecule has 2 aliphatic carbocycles. The van der Waals surface area contributed by atoms with Gasteiger partial charge in [0.1, 0.15) is 5.01 Å². The Labute approximate surface area is 98.5 Å². The minimum atomic E-state index is 0.135. The summed E-state index contributed by atoms with van der Waals surface area (Å²) in [5.74, 6) is 0.957. The minimum Gasteiger partial charge on any atom is -0.300 e. The highest BCUT2D eigenvalue weighted by molar-refractivity contribution is 7.15. The van der Waals surface area contributed by atoms with Crippen molar-refractivity contribution in [3.05, 3.63) is 5.01 Å².